The van der Waals surface area contributed by atoms with E-state index in [1.807, 2.05) is 18.2 Å². The van der Waals surface area contributed by atoms with Gasteiger partial charge in [-0.15, -0.1) is 0 Å². The first-order valence-electron chi connectivity index (χ1n) is 6.36. The highest BCUT2D eigenvalue weighted by molar-refractivity contribution is 5.62. The van der Waals surface area contributed by atoms with Crippen molar-refractivity contribution in [2.24, 2.45) is 11.7 Å². The van der Waals surface area contributed by atoms with Gasteiger partial charge in [0.2, 0.25) is 0 Å². The summed E-state index contributed by atoms with van der Waals surface area (Å²) >= 11 is 0. The summed E-state index contributed by atoms with van der Waals surface area (Å²) in [6.45, 7) is 4.11. The average molecular weight is 250 g/mol. The number of anilines is 1. The van der Waals surface area contributed by atoms with Gasteiger partial charge in [-0.3, -0.25) is 0 Å². The fourth-order valence-corrected chi connectivity index (χ4v) is 2.64. The first-order valence-corrected chi connectivity index (χ1v) is 6.36. The Morgan fingerprint density at radius 2 is 2.00 bits per heavy atom. The van der Waals surface area contributed by atoms with Crippen LogP contribution in [0.4, 0.5) is 5.69 Å². The minimum atomic E-state index is 0.227. The Kier molecular flexibility index (Phi) is 3.97. The van der Waals surface area contributed by atoms with E-state index in [1.54, 1.807) is 14.2 Å². The van der Waals surface area contributed by atoms with Gasteiger partial charge >= 0.3 is 0 Å². The minimum absolute atomic E-state index is 0.227. The molecule has 1 aliphatic heterocycles. The van der Waals surface area contributed by atoms with Crippen LogP contribution in [0.25, 0.3) is 0 Å². The van der Waals surface area contributed by atoms with Crippen LogP contribution in [0.3, 0.4) is 0 Å². The van der Waals surface area contributed by atoms with Crippen LogP contribution in [0.5, 0.6) is 11.5 Å². The van der Waals surface area contributed by atoms with Crippen LogP contribution in [0.1, 0.15) is 13.3 Å². The number of methoxy groups -OCH3 is 2. The first kappa shape index (κ1) is 13.0. The number of nitrogens with two attached hydrogens (primary N) is 1. The minimum Gasteiger partial charge on any atom is -0.497 e. The topological polar surface area (TPSA) is 47.7 Å². The highest BCUT2D eigenvalue weighted by Gasteiger charge is 2.24. The van der Waals surface area contributed by atoms with Gasteiger partial charge in [0, 0.05) is 25.2 Å². The molecule has 0 aliphatic carbocycles. The van der Waals surface area contributed by atoms with Crippen LogP contribution >= 0.6 is 0 Å². The molecule has 1 aromatic carbocycles. The summed E-state index contributed by atoms with van der Waals surface area (Å²) in [6, 6.07) is 6.10. The first-order chi connectivity index (χ1) is 8.63. The van der Waals surface area contributed by atoms with Crippen molar-refractivity contribution in [1.29, 1.82) is 0 Å². The van der Waals surface area contributed by atoms with Crippen molar-refractivity contribution in [3.63, 3.8) is 0 Å². The molecule has 100 valence electrons. The lowest BCUT2D eigenvalue weighted by Gasteiger charge is -2.37. The lowest BCUT2D eigenvalue weighted by atomic mass is 9.96. The number of nitrogens with zero attached hydrogens (tertiary/aromatic N) is 1. The molecule has 0 bridgehead atoms. The van der Waals surface area contributed by atoms with E-state index in [0.29, 0.717) is 5.92 Å². The molecule has 1 aliphatic rings. The van der Waals surface area contributed by atoms with Crippen LogP contribution in [0.15, 0.2) is 18.2 Å². The van der Waals surface area contributed by atoms with E-state index >= 15 is 0 Å². The molecule has 0 amide bonds. The fourth-order valence-electron chi connectivity index (χ4n) is 2.64. The van der Waals surface area contributed by atoms with Crippen molar-refractivity contribution in [3.05, 3.63) is 18.2 Å². The summed E-state index contributed by atoms with van der Waals surface area (Å²) in [7, 11) is 3.37. The van der Waals surface area contributed by atoms with Crippen molar-refractivity contribution < 1.29 is 9.47 Å². The highest BCUT2D eigenvalue weighted by atomic mass is 16.5. The van der Waals surface area contributed by atoms with Crippen molar-refractivity contribution in [3.8, 4) is 11.5 Å². The predicted octanol–water partition coefficient (Wildman–Crippen LogP) is 1.88. The molecular formula is C14H22N2O2. The Labute approximate surface area is 109 Å². The highest BCUT2D eigenvalue weighted by Crippen LogP contribution is 2.34. The molecule has 1 heterocycles. The van der Waals surface area contributed by atoms with Gasteiger partial charge in [-0.05, 0) is 24.5 Å². The van der Waals surface area contributed by atoms with Gasteiger partial charge in [-0.1, -0.05) is 6.92 Å². The van der Waals surface area contributed by atoms with E-state index < -0.39 is 0 Å². The van der Waals surface area contributed by atoms with Crippen LogP contribution in [-0.2, 0) is 0 Å². The van der Waals surface area contributed by atoms with Gasteiger partial charge in [0.25, 0.3) is 0 Å². The van der Waals surface area contributed by atoms with E-state index in [9.17, 15) is 0 Å². The van der Waals surface area contributed by atoms with E-state index in [0.717, 1.165) is 36.7 Å². The van der Waals surface area contributed by atoms with Crippen molar-refractivity contribution in [2.75, 3.05) is 32.2 Å². The summed E-state index contributed by atoms with van der Waals surface area (Å²) in [6.07, 6.45) is 1.09. The molecule has 2 atom stereocenters. The lowest BCUT2D eigenvalue weighted by Crippen LogP contribution is -2.46. The Morgan fingerprint density at radius 3 is 2.61 bits per heavy atom. The standard InChI is InChI=1S/C14H22N2O2/c1-10-6-11(15)9-16(8-10)13-7-12(17-2)4-5-14(13)18-3/h4-5,7,10-11H,6,8-9,15H2,1-3H3. The zero-order valence-corrected chi connectivity index (χ0v) is 11.3. The predicted molar refractivity (Wildman–Crippen MR) is 73.5 cm³/mol. The molecule has 0 radical (unpaired) electrons. The Hall–Kier alpha value is -1.42. The third-order valence-corrected chi connectivity index (χ3v) is 3.42. The zero-order chi connectivity index (χ0) is 13.1. The van der Waals surface area contributed by atoms with Crippen molar-refractivity contribution >= 4 is 5.69 Å². The number of rotatable bonds is 3. The molecule has 1 saturated heterocycles. The number of benzene rings is 1. The average Bonchev–Trinajstić information content (AvgIpc) is 2.36. The van der Waals surface area contributed by atoms with Crippen LogP contribution in [0.2, 0.25) is 0 Å². The molecule has 1 fully saturated rings. The normalized spacial score (nSPS) is 23.9. The third-order valence-electron chi connectivity index (χ3n) is 3.42. The summed E-state index contributed by atoms with van der Waals surface area (Å²) in [5.41, 5.74) is 7.17. The second-order valence-electron chi connectivity index (χ2n) is 5.04. The van der Waals surface area contributed by atoms with E-state index in [1.165, 1.54) is 0 Å². The maximum absolute atomic E-state index is 6.10. The largest absolute Gasteiger partial charge is 0.497 e. The van der Waals surface area contributed by atoms with Gasteiger partial charge in [-0.25, -0.2) is 0 Å². The van der Waals surface area contributed by atoms with Crippen LogP contribution < -0.4 is 20.1 Å². The molecule has 2 unspecified atom stereocenters. The van der Waals surface area contributed by atoms with Gasteiger partial charge in [0.05, 0.1) is 19.9 Å². The number of hydrogen-bond donors (Lipinski definition) is 1. The number of hydrogen-bond acceptors (Lipinski definition) is 4. The molecule has 4 heteroatoms. The summed E-state index contributed by atoms with van der Waals surface area (Å²) in [4.78, 5) is 2.29. The summed E-state index contributed by atoms with van der Waals surface area (Å²) in [5, 5.41) is 0. The molecular weight excluding hydrogens is 228 g/mol. The smallest absolute Gasteiger partial charge is 0.142 e. The lowest BCUT2D eigenvalue weighted by molar-refractivity contribution is 0.383. The van der Waals surface area contributed by atoms with Crippen LogP contribution in [-0.4, -0.2) is 33.4 Å². The third kappa shape index (κ3) is 2.70. The second kappa shape index (κ2) is 5.48. The number of ether oxygens (including phenoxy) is 2. The molecule has 1 aromatic rings. The van der Waals surface area contributed by atoms with Crippen molar-refractivity contribution in [2.45, 2.75) is 19.4 Å². The number of piperidine rings is 1. The Bertz CT molecular complexity index is 399. The molecule has 0 aromatic heterocycles. The van der Waals surface area contributed by atoms with Gasteiger partial charge in [0.15, 0.2) is 0 Å². The van der Waals surface area contributed by atoms with Crippen LogP contribution in [0, 0.1) is 5.92 Å². The van der Waals surface area contributed by atoms with E-state index in [-0.39, 0.29) is 6.04 Å². The molecule has 2 rings (SSSR count). The maximum Gasteiger partial charge on any atom is 0.142 e. The summed E-state index contributed by atoms with van der Waals surface area (Å²) < 4.78 is 10.7. The SMILES string of the molecule is COc1ccc(OC)c(N2CC(C)CC(N)C2)c1. The van der Waals surface area contributed by atoms with E-state index in [2.05, 4.69) is 11.8 Å². The second-order valence-corrected chi connectivity index (χ2v) is 5.04. The van der Waals surface area contributed by atoms with Crippen molar-refractivity contribution in [1.82, 2.24) is 0 Å². The molecule has 0 saturated carbocycles. The zero-order valence-electron chi connectivity index (χ0n) is 11.3. The maximum atomic E-state index is 6.10. The van der Waals surface area contributed by atoms with Gasteiger partial charge in [-0.2, -0.15) is 0 Å². The quantitative estimate of drug-likeness (QED) is 0.889. The fraction of sp³-hybridized carbons (Fsp3) is 0.571. The van der Waals surface area contributed by atoms with E-state index in [4.69, 9.17) is 15.2 Å². The van der Waals surface area contributed by atoms with Gasteiger partial charge in [0.1, 0.15) is 11.5 Å². The Morgan fingerprint density at radius 1 is 1.22 bits per heavy atom. The summed E-state index contributed by atoms with van der Waals surface area (Å²) in [5.74, 6) is 2.32. The molecule has 18 heavy (non-hydrogen) atoms. The van der Waals surface area contributed by atoms with Gasteiger partial charge < -0.3 is 20.1 Å². The monoisotopic (exact) mass is 250 g/mol. The molecule has 4 nitrogen and oxygen atoms in total. The molecule has 2 N–H and O–H groups in total. The Balaban J connectivity index is 2.29. The molecule has 0 spiro atoms.